The summed E-state index contributed by atoms with van der Waals surface area (Å²) < 4.78 is 5.95. The fourth-order valence-electron chi connectivity index (χ4n) is 3.85. The van der Waals surface area contributed by atoms with Gasteiger partial charge < -0.3 is 14.7 Å². The highest BCUT2D eigenvalue weighted by molar-refractivity contribution is 5.72. The first kappa shape index (κ1) is 16.8. The average molecular weight is 354 g/mol. The molecule has 0 radical (unpaired) electrons. The number of rotatable bonds is 5. The number of nitrogens with zero attached hydrogens (tertiary/aromatic N) is 4. The monoisotopic (exact) mass is 354 g/mol. The minimum atomic E-state index is -0.901. The van der Waals surface area contributed by atoms with Gasteiger partial charge >= 0.3 is 5.97 Å². The first-order valence-corrected chi connectivity index (χ1v) is 8.70. The van der Waals surface area contributed by atoms with Crippen molar-refractivity contribution < 1.29 is 14.6 Å². The summed E-state index contributed by atoms with van der Waals surface area (Å²) in [5.74, 6) is 0.543. The van der Waals surface area contributed by atoms with E-state index in [-0.39, 0.29) is 12.0 Å². The maximum absolute atomic E-state index is 10.8. The van der Waals surface area contributed by atoms with Crippen molar-refractivity contribution in [3.05, 3.63) is 47.8 Å². The minimum absolute atomic E-state index is 0.116. The number of likely N-dealkylation sites (N-methyl/N-ethyl adjacent to an activating group) is 1. The van der Waals surface area contributed by atoms with Crippen molar-refractivity contribution in [2.75, 3.05) is 38.2 Å². The van der Waals surface area contributed by atoms with E-state index >= 15 is 0 Å². The van der Waals surface area contributed by atoms with Gasteiger partial charge in [-0.1, -0.05) is 18.2 Å². The van der Waals surface area contributed by atoms with Gasteiger partial charge in [0.1, 0.15) is 12.3 Å². The molecule has 7 nitrogen and oxygen atoms in total. The molecular formula is C19H22N4O3. The number of benzene rings is 1. The Balaban J connectivity index is 1.32. The van der Waals surface area contributed by atoms with Crippen LogP contribution in [0.2, 0.25) is 0 Å². The van der Waals surface area contributed by atoms with Gasteiger partial charge in [-0.05, 0) is 18.1 Å². The van der Waals surface area contributed by atoms with Gasteiger partial charge in [0, 0.05) is 50.1 Å². The maximum Gasteiger partial charge on any atom is 0.323 e. The van der Waals surface area contributed by atoms with Gasteiger partial charge in [-0.15, -0.1) is 0 Å². The van der Waals surface area contributed by atoms with E-state index in [2.05, 4.69) is 27.0 Å². The third kappa shape index (κ3) is 3.35. The second kappa shape index (κ2) is 6.57. The molecule has 7 heteroatoms. The molecule has 0 atom stereocenters. The Morgan fingerprint density at radius 1 is 1.31 bits per heavy atom. The van der Waals surface area contributed by atoms with Gasteiger partial charge in [0.15, 0.2) is 0 Å². The quantitative estimate of drug-likeness (QED) is 0.870. The lowest BCUT2D eigenvalue weighted by molar-refractivity contribution is -0.135. The van der Waals surface area contributed by atoms with Gasteiger partial charge in [-0.2, -0.15) is 0 Å². The molecule has 1 spiro atoms. The molecule has 2 aliphatic rings. The van der Waals surface area contributed by atoms with Crippen molar-refractivity contribution in [1.82, 2.24) is 14.9 Å². The number of fused-ring (bicyclic) bond motifs is 1. The lowest BCUT2D eigenvalue weighted by atomic mass is 9.74. The summed E-state index contributed by atoms with van der Waals surface area (Å²) in [5, 5.41) is 8.83. The van der Waals surface area contributed by atoms with E-state index in [0.29, 0.717) is 5.95 Å². The van der Waals surface area contributed by atoms with E-state index in [0.717, 1.165) is 44.0 Å². The summed E-state index contributed by atoms with van der Waals surface area (Å²) in [4.78, 5) is 23.2. The number of hydrogen-bond acceptors (Lipinski definition) is 6. The predicted molar refractivity (Wildman–Crippen MR) is 96.3 cm³/mol. The molecule has 1 fully saturated rings. The fraction of sp³-hybridized carbons (Fsp3) is 0.421. The highest BCUT2D eigenvalue weighted by Gasteiger charge is 2.45. The molecular weight excluding hydrogens is 332 g/mol. The van der Waals surface area contributed by atoms with E-state index in [9.17, 15) is 4.79 Å². The van der Waals surface area contributed by atoms with E-state index in [1.54, 1.807) is 19.4 Å². The van der Waals surface area contributed by atoms with Crippen LogP contribution in [0.25, 0.3) is 0 Å². The molecule has 0 aliphatic carbocycles. The third-order valence-corrected chi connectivity index (χ3v) is 5.00. The van der Waals surface area contributed by atoms with Crippen LogP contribution in [0.15, 0.2) is 36.7 Å². The van der Waals surface area contributed by atoms with Gasteiger partial charge in [0.25, 0.3) is 0 Å². The van der Waals surface area contributed by atoms with Gasteiger partial charge in [-0.25, -0.2) is 9.97 Å². The predicted octanol–water partition coefficient (Wildman–Crippen LogP) is 1.43. The summed E-state index contributed by atoms with van der Waals surface area (Å²) >= 11 is 0. The highest BCUT2D eigenvalue weighted by atomic mass is 16.5. The molecule has 1 aromatic carbocycles. The second-order valence-electron chi connectivity index (χ2n) is 7.36. The van der Waals surface area contributed by atoms with E-state index < -0.39 is 5.97 Å². The second-order valence-corrected chi connectivity index (χ2v) is 7.36. The van der Waals surface area contributed by atoms with Gasteiger partial charge in [-0.3, -0.25) is 9.69 Å². The topological polar surface area (TPSA) is 78.8 Å². The Bertz CT molecular complexity index is 803. The van der Waals surface area contributed by atoms with Crippen LogP contribution in [0.5, 0.6) is 5.75 Å². The van der Waals surface area contributed by atoms with E-state index in [1.807, 2.05) is 12.1 Å². The summed E-state index contributed by atoms with van der Waals surface area (Å²) in [6, 6.07) is 8.28. The number of ether oxygens (including phenoxy) is 1. The van der Waals surface area contributed by atoms with Crippen LogP contribution in [0.3, 0.4) is 0 Å². The van der Waals surface area contributed by atoms with Crippen molar-refractivity contribution >= 4 is 11.9 Å². The Morgan fingerprint density at radius 3 is 2.77 bits per heavy atom. The zero-order chi connectivity index (χ0) is 18.1. The van der Waals surface area contributed by atoms with Crippen LogP contribution in [-0.2, 0) is 17.8 Å². The van der Waals surface area contributed by atoms with Crippen molar-refractivity contribution in [3.8, 4) is 5.75 Å². The van der Waals surface area contributed by atoms with E-state index in [1.165, 1.54) is 10.5 Å². The minimum Gasteiger partial charge on any atom is -0.493 e. The highest BCUT2D eigenvalue weighted by Crippen LogP contribution is 2.41. The molecule has 0 amide bonds. The molecule has 1 saturated heterocycles. The Morgan fingerprint density at radius 2 is 2.04 bits per heavy atom. The smallest absolute Gasteiger partial charge is 0.323 e. The standard InChI is InChI=1S/C19H22N4O3/c1-22(10-17(24)25)18-20-7-14(8-21-18)9-23-11-19(12-23)6-15-4-2-3-5-16(15)26-13-19/h2-5,7-8H,6,9-13H2,1H3,(H,24,25). The number of aliphatic carboxylic acids is 1. The summed E-state index contributed by atoms with van der Waals surface area (Å²) in [5.41, 5.74) is 2.55. The van der Waals surface area contributed by atoms with Crippen LogP contribution in [0.4, 0.5) is 5.95 Å². The Hall–Kier alpha value is -2.67. The van der Waals surface area contributed by atoms with Crippen LogP contribution in [-0.4, -0.2) is 59.2 Å². The molecule has 4 rings (SSSR count). The molecule has 1 aromatic heterocycles. The van der Waals surface area contributed by atoms with Crippen LogP contribution in [0.1, 0.15) is 11.1 Å². The number of para-hydroxylation sites is 1. The molecule has 1 N–H and O–H groups in total. The maximum atomic E-state index is 10.8. The first-order chi connectivity index (χ1) is 12.5. The molecule has 0 saturated carbocycles. The SMILES string of the molecule is CN(CC(=O)O)c1ncc(CN2CC3(COc4ccccc4C3)C2)cn1. The molecule has 26 heavy (non-hydrogen) atoms. The van der Waals surface area contributed by atoms with Crippen molar-refractivity contribution in [1.29, 1.82) is 0 Å². The normalized spacial score (nSPS) is 17.9. The Kier molecular flexibility index (Phi) is 4.24. The van der Waals surface area contributed by atoms with Crippen LogP contribution < -0.4 is 9.64 Å². The number of carboxylic acid groups (broad SMARTS) is 1. The number of anilines is 1. The zero-order valence-electron chi connectivity index (χ0n) is 14.8. The number of likely N-dealkylation sites (tertiary alicyclic amines) is 1. The van der Waals surface area contributed by atoms with Crippen LogP contribution in [0, 0.1) is 5.41 Å². The number of carboxylic acids is 1. The largest absolute Gasteiger partial charge is 0.493 e. The molecule has 136 valence electrons. The van der Waals surface area contributed by atoms with E-state index in [4.69, 9.17) is 9.84 Å². The van der Waals surface area contributed by atoms with Crippen molar-refractivity contribution in [2.24, 2.45) is 5.41 Å². The molecule has 2 aromatic rings. The molecule has 0 unspecified atom stereocenters. The summed E-state index contributed by atoms with van der Waals surface area (Å²) in [7, 11) is 1.67. The fourth-order valence-corrected chi connectivity index (χ4v) is 3.85. The van der Waals surface area contributed by atoms with Gasteiger partial charge in [0.2, 0.25) is 5.95 Å². The lowest BCUT2D eigenvalue weighted by Gasteiger charge is -2.52. The summed E-state index contributed by atoms with van der Waals surface area (Å²) in [6.45, 7) is 3.46. The lowest BCUT2D eigenvalue weighted by Crippen LogP contribution is -2.60. The number of aromatic nitrogens is 2. The Labute approximate surface area is 152 Å². The zero-order valence-corrected chi connectivity index (χ0v) is 14.8. The molecule has 0 bridgehead atoms. The summed E-state index contributed by atoms with van der Waals surface area (Å²) in [6.07, 6.45) is 4.62. The molecule has 3 heterocycles. The molecule has 2 aliphatic heterocycles. The van der Waals surface area contributed by atoms with Crippen LogP contribution >= 0.6 is 0 Å². The first-order valence-electron chi connectivity index (χ1n) is 8.70. The van der Waals surface area contributed by atoms with Crippen molar-refractivity contribution in [3.63, 3.8) is 0 Å². The number of carbonyl (C=O) groups is 1. The third-order valence-electron chi connectivity index (χ3n) is 5.00. The average Bonchev–Trinajstić information content (AvgIpc) is 2.60. The van der Waals surface area contributed by atoms with Crippen molar-refractivity contribution in [2.45, 2.75) is 13.0 Å². The number of hydrogen-bond donors (Lipinski definition) is 1. The van der Waals surface area contributed by atoms with Gasteiger partial charge in [0.05, 0.1) is 6.61 Å².